The molecule has 1 saturated heterocycles. The van der Waals surface area contributed by atoms with Gasteiger partial charge in [0.15, 0.2) is 11.5 Å². The Balaban J connectivity index is 1.63. The molecule has 144 valence electrons. The normalized spacial score (nSPS) is 17.4. The molecule has 2 unspecified atom stereocenters. The third-order valence-electron chi connectivity index (χ3n) is 4.98. The maximum Gasteiger partial charge on any atom is 0.317 e. The number of urea groups is 1. The van der Waals surface area contributed by atoms with E-state index in [0.717, 1.165) is 30.6 Å². The summed E-state index contributed by atoms with van der Waals surface area (Å²) in [5, 5.41) is 3.08. The Bertz CT molecular complexity index is 763. The van der Waals surface area contributed by atoms with Crippen LogP contribution in [0.5, 0.6) is 11.5 Å². The summed E-state index contributed by atoms with van der Waals surface area (Å²) in [6, 6.07) is 15.7. The second-order valence-electron chi connectivity index (χ2n) is 7.20. The van der Waals surface area contributed by atoms with Crippen LogP contribution in [0.1, 0.15) is 37.4 Å². The van der Waals surface area contributed by atoms with E-state index in [1.165, 1.54) is 0 Å². The predicted molar refractivity (Wildman–Crippen MR) is 106 cm³/mol. The Morgan fingerprint density at radius 1 is 1.22 bits per heavy atom. The van der Waals surface area contributed by atoms with E-state index in [-0.39, 0.29) is 12.1 Å². The number of ether oxygens (including phenoxy) is 2. The van der Waals surface area contributed by atoms with Crippen LogP contribution < -0.4 is 14.8 Å². The fourth-order valence-electron chi connectivity index (χ4n) is 3.29. The number of amides is 2. The van der Waals surface area contributed by atoms with Crippen molar-refractivity contribution in [3.63, 3.8) is 0 Å². The molecule has 1 fully saturated rings. The van der Waals surface area contributed by atoms with Gasteiger partial charge in [-0.15, -0.1) is 0 Å². The van der Waals surface area contributed by atoms with Gasteiger partial charge >= 0.3 is 6.03 Å². The fourth-order valence-corrected chi connectivity index (χ4v) is 3.29. The van der Waals surface area contributed by atoms with Gasteiger partial charge in [0.2, 0.25) is 0 Å². The van der Waals surface area contributed by atoms with Crippen molar-refractivity contribution in [3.05, 3.63) is 59.7 Å². The Morgan fingerprint density at radius 2 is 2.00 bits per heavy atom. The first kappa shape index (κ1) is 19.1. The lowest BCUT2D eigenvalue weighted by molar-refractivity contribution is 0.204. The lowest BCUT2D eigenvalue weighted by atomic mass is 10.1. The van der Waals surface area contributed by atoms with E-state index in [1.807, 2.05) is 60.4 Å². The smallest absolute Gasteiger partial charge is 0.317 e. The molecule has 3 rings (SSSR count). The van der Waals surface area contributed by atoms with Crippen molar-refractivity contribution in [2.24, 2.45) is 5.92 Å². The summed E-state index contributed by atoms with van der Waals surface area (Å²) in [5.74, 6) is 1.93. The summed E-state index contributed by atoms with van der Waals surface area (Å²) in [6.07, 6.45) is 1.07. The topological polar surface area (TPSA) is 50.8 Å². The SMILES string of the molecule is COc1cc(C(C)NC(=O)N2CCC(C)C2)ccc1OCc1ccccc1. The third kappa shape index (κ3) is 4.94. The first-order valence-corrected chi connectivity index (χ1v) is 9.47. The number of rotatable bonds is 6. The predicted octanol–water partition coefficient (Wildman–Crippen LogP) is 4.39. The largest absolute Gasteiger partial charge is 0.493 e. The quantitative estimate of drug-likeness (QED) is 0.823. The molecular weight excluding hydrogens is 340 g/mol. The number of methoxy groups -OCH3 is 1. The van der Waals surface area contributed by atoms with Crippen LogP contribution in [0, 0.1) is 5.92 Å². The van der Waals surface area contributed by atoms with Crippen molar-refractivity contribution in [2.75, 3.05) is 20.2 Å². The number of carbonyl (C=O) groups excluding carboxylic acids is 1. The number of nitrogens with one attached hydrogen (secondary N) is 1. The fraction of sp³-hybridized carbons (Fsp3) is 0.409. The summed E-state index contributed by atoms with van der Waals surface area (Å²) in [6.45, 7) is 6.30. The summed E-state index contributed by atoms with van der Waals surface area (Å²) < 4.78 is 11.4. The second-order valence-corrected chi connectivity index (χ2v) is 7.20. The minimum atomic E-state index is -0.106. The first-order chi connectivity index (χ1) is 13.1. The molecule has 0 bridgehead atoms. The number of nitrogens with zero attached hydrogens (tertiary/aromatic N) is 1. The lowest BCUT2D eigenvalue weighted by Gasteiger charge is -2.22. The zero-order valence-corrected chi connectivity index (χ0v) is 16.3. The first-order valence-electron chi connectivity index (χ1n) is 9.47. The molecule has 1 N–H and O–H groups in total. The minimum absolute atomic E-state index is 0.00443. The van der Waals surface area contributed by atoms with Gasteiger partial charge in [-0.25, -0.2) is 4.79 Å². The third-order valence-corrected chi connectivity index (χ3v) is 4.98. The van der Waals surface area contributed by atoms with Crippen LogP contribution in [0.2, 0.25) is 0 Å². The molecule has 0 aliphatic carbocycles. The molecule has 0 saturated carbocycles. The van der Waals surface area contributed by atoms with E-state index >= 15 is 0 Å². The molecule has 2 aromatic rings. The molecule has 0 radical (unpaired) electrons. The van der Waals surface area contributed by atoms with Crippen LogP contribution in [-0.2, 0) is 6.61 Å². The van der Waals surface area contributed by atoms with Crippen molar-refractivity contribution in [2.45, 2.75) is 32.9 Å². The lowest BCUT2D eigenvalue weighted by Crippen LogP contribution is -2.39. The van der Waals surface area contributed by atoms with E-state index in [2.05, 4.69) is 12.2 Å². The van der Waals surface area contributed by atoms with Crippen molar-refractivity contribution < 1.29 is 14.3 Å². The van der Waals surface area contributed by atoms with Crippen molar-refractivity contribution >= 4 is 6.03 Å². The molecule has 0 aromatic heterocycles. The van der Waals surface area contributed by atoms with Gasteiger partial charge in [0.25, 0.3) is 0 Å². The zero-order chi connectivity index (χ0) is 19.2. The van der Waals surface area contributed by atoms with Crippen LogP contribution >= 0.6 is 0 Å². The zero-order valence-electron chi connectivity index (χ0n) is 16.3. The number of hydrogen-bond donors (Lipinski definition) is 1. The van der Waals surface area contributed by atoms with Gasteiger partial charge in [-0.2, -0.15) is 0 Å². The molecule has 1 heterocycles. The highest BCUT2D eigenvalue weighted by atomic mass is 16.5. The van der Waals surface area contributed by atoms with Gasteiger partial charge in [0.05, 0.1) is 13.2 Å². The highest BCUT2D eigenvalue weighted by Gasteiger charge is 2.24. The standard InChI is InChI=1S/C22H28N2O3/c1-16-11-12-24(14-16)22(25)23-17(2)19-9-10-20(21(13-19)26-3)27-15-18-7-5-4-6-8-18/h4-10,13,16-17H,11-12,14-15H2,1-3H3,(H,23,25). The maximum atomic E-state index is 12.4. The molecule has 5 nitrogen and oxygen atoms in total. The summed E-state index contributed by atoms with van der Waals surface area (Å²) in [4.78, 5) is 14.3. The van der Waals surface area contributed by atoms with Crippen LogP contribution in [0.25, 0.3) is 0 Å². The highest BCUT2D eigenvalue weighted by Crippen LogP contribution is 2.31. The molecule has 2 aromatic carbocycles. The second kappa shape index (κ2) is 8.80. The Labute approximate surface area is 161 Å². The monoisotopic (exact) mass is 368 g/mol. The van der Waals surface area contributed by atoms with E-state index in [4.69, 9.17) is 9.47 Å². The van der Waals surface area contributed by atoms with Crippen LogP contribution in [0.15, 0.2) is 48.5 Å². The molecule has 5 heteroatoms. The van der Waals surface area contributed by atoms with Gasteiger partial charge in [-0.3, -0.25) is 0 Å². The summed E-state index contributed by atoms with van der Waals surface area (Å²) in [7, 11) is 1.63. The van der Waals surface area contributed by atoms with Crippen LogP contribution in [0.4, 0.5) is 4.79 Å². The van der Waals surface area contributed by atoms with Gasteiger partial charge in [-0.1, -0.05) is 43.3 Å². The van der Waals surface area contributed by atoms with Crippen LogP contribution in [0.3, 0.4) is 0 Å². The number of carbonyl (C=O) groups is 1. The molecule has 1 aliphatic heterocycles. The molecule has 1 aliphatic rings. The molecular formula is C22H28N2O3. The Kier molecular flexibility index (Phi) is 6.22. The van der Waals surface area contributed by atoms with Crippen LogP contribution in [-0.4, -0.2) is 31.1 Å². The molecule has 2 amide bonds. The Hall–Kier alpha value is -2.69. The van der Waals surface area contributed by atoms with E-state index in [1.54, 1.807) is 7.11 Å². The van der Waals surface area contributed by atoms with E-state index < -0.39 is 0 Å². The summed E-state index contributed by atoms with van der Waals surface area (Å²) >= 11 is 0. The molecule has 27 heavy (non-hydrogen) atoms. The van der Waals surface area contributed by atoms with Gasteiger partial charge in [0.1, 0.15) is 6.61 Å². The van der Waals surface area contributed by atoms with E-state index in [0.29, 0.717) is 24.0 Å². The highest BCUT2D eigenvalue weighted by molar-refractivity contribution is 5.75. The molecule has 0 spiro atoms. The number of likely N-dealkylation sites (tertiary alicyclic amines) is 1. The van der Waals surface area contributed by atoms with Crippen molar-refractivity contribution in [3.8, 4) is 11.5 Å². The van der Waals surface area contributed by atoms with Crippen molar-refractivity contribution in [1.82, 2.24) is 10.2 Å². The summed E-state index contributed by atoms with van der Waals surface area (Å²) in [5.41, 5.74) is 2.09. The van der Waals surface area contributed by atoms with E-state index in [9.17, 15) is 4.79 Å². The Morgan fingerprint density at radius 3 is 2.67 bits per heavy atom. The average Bonchev–Trinajstić information content (AvgIpc) is 3.13. The van der Waals surface area contributed by atoms with Gasteiger partial charge in [0, 0.05) is 13.1 Å². The maximum absolute atomic E-state index is 12.4. The number of benzene rings is 2. The number of hydrogen-bond acceptors (Lipinski definition) is 3. The van der Waals surface area contributed by atoms with Gasteiger partial charge in [-0.05, 0) is 42.5 Å². The van der Waals surface area contributed by atoms with Crippen molar-refractivity contribution in [1.29, 1.82) is 0 Å². The average molecular weight is 368 g/mol. The molecule has 2 atom stereocenters. The van der Waals surface area contributed by atoms with Gasteiger partial charge < -0.3 is 19.7 Å². The minimum Gasteiger partial charge on any atom is -0.493 e.